The summed E-state index contributed by atoms with van der Waals surface area (Å²) >= 11 is 0. The molecule has 1 aromatic heterocycles. The Labute approximate surface area is 217 Å². The van der Waals surface area contributed by atoms with Crippen LogP contribution in [-0.2, 0) is 0 Å². The van der Waals surface area contributed by atoms with Crippen LogP contribution in [0.25, 0.3) is 0 Å². The van der Waals surface area contributed by atoms with Crippen LogP contribution in [0, 0.1) is 17.8 Å². The average molecular weight is 511 g/mol. The Morgan fingerprint density at radius 2 is 2.05 bits per heavy atom. The Kier molecular flexibility index (Phi) is 9.33. The van der Waals surface area contributed by atoms with Crippen molar-refractivity contribution in [1.29, 1.82) is 0 Å². The lowest BCUT2D eigenvalue weighted by molar-refractivity contribution is 0.0356. The number of hydrogen-bond donors (Lipinski definition) is 3. The Morgan fingerprint density at radius 1 is 1.35 bits per heavy atom. The first-order valence-corrected chi connectivity index (χ1v) is 12.1. The summed E-state index contributed by atoms with van der Waals surface area (Å²) in [5, 5.41) is 22.1. The third-order valence-electron chi connectivity index (χ3n) is 6.09. The highest BCUT2D eigenvalue weighted by molar-refractivity contribution is 5.97. The summed E-state index contributed by atoms with van der Waals surface area (Å²) < 4.78 is 11.4. The van der Waals surface area contributed by atoms with Gasteiger partial charge in [-0.1, -0.05) is 18.8 Å². The van der Waals surface area contributed by atoms with E-state index in [1.807, 2.05) is 6.92 Å². The van der Waals surface area contributed by atoms with Gasteiger partial charge >= 0.3 is 6.03 Å². The lowest BCUT2D eigenvalue weighted by atomic mass is 10.00. The van der Waals surface area contributed by atoms with Crippen LogP contribution in [0.1, 0.15) is 36.7 Å². The van der Waals surface area contributed by atoms with Gasteiger partial charge in [0.1, 0.15) is 23.5 Å². The zero-order valence-corrected chi connectivity index (χ0v) is 21.8. The third kappa shape index (κ3) is 7.12. The topological polar surface area (TPSA) is 124 Å². The van der Waals surface area contributed by atoms with Crippen LogP contribution in [0.4, 0.5) is 10.5 Å². The fraction of sp³-hybridized carbons (Fsp3) is 0.444. The van der Waals surface area contributed by atoms with Crippen molar-refractivity contribution in [3.8, 4) is 23.5 Å². The molecule has 1 aromatic carbocycles. The molecule has 3 N–H and O–H groups in total. The number of carbonyl (C=O) groups is 2. The number of methoxy groups -OCH3 is 1. The molecule has 2 aromatic rings. The van der Waals surface area contributed by atoms with E-state index in [1.54, 1.807) is 63.2 Å². The molecule has 0 aliphatic carbocycles. The molecule has 0 saturated heterocycles. The molecule has 10 heteroatoms. The van der Waals surface area contributed by atoms with Crippen LogP contribution in [0.2, 0.25) is 0 Å². The number of rotatable bonds is 6. The number of hydrogen-bond acceptors (Lipinski definition) is 7. The van der Waals surface area contributed by atoms with Gasteiger partial charge in [0.2, 0.25) is 5.88 Å². The Hall–Kier alpha value is -3.81. The number of aliphatic hydroxyl groups excluding tert-OH is 2. The molecule has 198 valence electrons. The fourth-order valence-electron chi connectivity index (χ4n) is 3.82. The second-order valence-electron chi connectivity index (χ2n) is 9.18. The monoisotopic (exact) mass is 510 g/mol. The summed E-state index contributed by atoms with van der Waals surface area (Å²) in [6.45, 7) is 5.56. The van der Waals surface area contributed by atoms with E-state index in [9.17, 15) is 19.8 Å². The first-order chi connectivity index (χ1) is 17.6. The summed E-state index contributed by atoms with van der Waals surface area (Å²) in [5.41, 5.74) is 1.28. The maximum Gasteiger partial charge on any atom is 0.321 e. The smallest absolute Gasteiger partial charge is 0.321 e. The van der Waals surface area contributed by atoms with Gasteiger partial charge in [-0.15, -0.1) is 0 Å². The molecule has 3 amide bonds. The molecule has 0 saturated carbocycles. The second-order valence-corrected chi connectivity index (χ2v) is 9.18. The number of aliphatic hydroxyl groups is 2. The van der Waals surface area contributed by atoms with Crippen LogP contribution in [0.15, 0.2) is 36.5 Å². The number of fused-ring (bicyclic) bond motifs is 1. The molecule has 0 fully saturated rings. The fourth-order valence-corrected chi connectivity index (χ4v) is 3.82. The maximum atomic E-state index is 13.4. The number of aromatic nitrogens is 1. The molecule has 0 bridgehead atoms. The van der Waals surface area contributed by atoms with Crippen LogP contribution in [0.5, 0.6) is 11.6 Å². The molecule has 37 heavy (non-hydrogen) atoms. The highest BCUT2D eigenvalue weighted by Crippen LogP contribution is 2.27. The van der Waals surface area contributed by atoms with Crippen LogP contribution >= 0.6 is 0 Å². The van der Waals surface area contributed by atoms with Gasteiger partial charge in [-0.2, -0.15) is 0 Å². The molecule has 4 atom stereocenters. The summed E-state index contributed by atoms with van der Waals surface area (Å²) in [4.78, 5) is 33.7. The third-order valence-corrected chi connectivity index (χ3v) is 6.09. The molecular weight excluding hydrogens is 476 g/mol. The van der Waals surface area contributed by atoms with Gasteiger partial charge in [-0.05, 0) is 44.2 Å². The number of carbonyl (C=O) groups excluding carboxylic acids is 2. The average Bonchev–Trinajstić information content (AvgIpc) is 2.89. The number of anilines is 1. The zero-order valence-electron chi connectivity index (χ0n) is 21.8. The molecule has 1 aliphatic heterocycles. The summed E-state index contributed by atoms with van der Waals surface area (Å²) in [5.74, 6) is 5.74. The van der Waals surface area contributed by atoms with Crippen molar-refractivity contribution in [2.75, 3.05) is 39.2 Å². The number of pyridine rings is 1. The van der Waals surface area contributed by atoms with Crippen molar-refractivity contribution in [3.63, 3.8) is 0 Å². The molecule has 10 nitrogen and oxygen atoms in total. The van der Waals surface area contributed by atoms with E-state index in [1.165, 1.54) is 11.1 Å². The molecule has 0 radical (unpaired) electrons. The SMILES string of the molecule is COc1ccc(NC(=O)N(C)C[C@@H]2Oc3ncc(C#C[C@H](C)O)cc3C(=O)N([C@H](C)CO)C[C@H]2C)cc1. The number of nitrogens with zero attached hydrogens (tertiary/aromatic N) is 3. The molecule has 0 spiro atoms. The van der Waals surface area contributed by atoms with E-state index in [4.69, 9.17) is 9.47 Å². The quantitative estimate of drug-likeness (QED) is 0.509. The van der Waals surface area contributed by atoms with E-state index in [-0.39, 0.29) is 42.5 Å². The van der Waals surface area contributed by atoms with Gasteiger partial charge in [-0.25, -0.2) is 9.78 Å². The number of nitrogens with one attached hydrogen (secondary N) is 1. The number of urea groups is 1. The van der Waals surface area contributed by atoms with Crippen molar-refractivity contribution in [2.24, 2.45) is 5.92 Å². The summed E-state index contributed by atoms with van der Waals surface area (Å²) in [6, 6.07) is 7.82. The summed E-state index contributed by atoms with van der Waals surface area (Å²) in [7, 11) is 3.24. The minimum Gasteiger partial charge on any atom is -0.497 e. The van der Waals surface area contributed by atoms with Gasteiger partial charge in [0, 0.05) is 37.0 Å². The minimum atomic E-state index is -0.829. The number of benzene rings is 1. The van der Waals surface area contributed by atoms with E-state index in [0.29, 0.717) is 23.5 Å². The normalized spacial score (nSPS) is 18.7. The summed E-state index contributed by atoms with van der Waals surface area (Å²) in [6.07, 6.45) is 0.156. The van der Waals surface area contributed by atoms with E-state index < -0.39 is 18.2 Å². The minimum absolute atomic E-state index is 0.128. The van der Waals surface area contributed by atoms with Crippen molar-refractivity contribution in [2.45, 2.75) is 39.0 Å². The molecule has 0 unspecified atom stereocenters. The lowest BCUT2D eigenvalue weighted by Gasteiger charge is -2.37. The predicted octanol–water partition coefficient (Wildman–Crippen LogP) is 2.21. The zero-order chi connectivity index (χ0) is 27.1. The van der Waals surface area contributed by atoms with E-state index in [0.717, 1.165) is 0 Å². The van der Waals surface area contributed by atoms with Crippen LogP contribution in [0.3, 0.4) is 0 Å². The lowest BCUT2D eigenvalue weighted by Crippen LogP contribution is -2.50. The first-order valence-electron chi connectivity index (χ1n) is 12.1. The molecule has 3 rings (SSSR count). The van der Waals surface area contributed by atoms with Crippen LogP contribution in [-0.4, -0.2) is 89.0 Å². The number of ether oxygens (including phenoxy) is 2. The van der Waals surface area contributed by atoms with Crippen molar-refractivity contribution in [1.82, 2.24) is 14.8 Å². The molecular formula is C27H34N4O6. The number of likely N-dealkylation sites (N-methyl/N-ethyl adjacent to an activating group) is 1. The second kappa shape index (κ2) is 12.4. The molecule has 1 aliphatic rings. The first kappa shape index (κ1) is 27.8. The van der Waals surface area contributed by atoms with E-state index >= 15 is 0 Å². The Morgan fingerprint density at radius 3 is 2.68 bits per heavy atom. The van der Waals surface area contributed by atoms with Crippen molar-refractivity contribution >= 4 is 17.6 Å². The highest BCUT2D eigenvalue weighted by atomic mass is 16.5. The predicted molar refractivity (Wildman–Crippen MR) is 139 cm³/mol. The molecule has 2 heterocycles. The van der Waals surface area contributed by atoms with Crippen molar-refractivity contribution in [3.05, 3.63) is 47.7 Å². The number of amides is 3. The highest BCUT2D eigenvalue weighted by Gasteiger charge is 2.34. The maximum absolute atomic E-state index is 13.4. The van der Waals surface area contributed by atoms with Gasteiger partial charge in [0.05, 0.1) is 26.3 Å². The van der Waals surface area contributed by atoms with Gasteiger partial charge in [0.15, 0.2) is 0 Å². The van der Waals surface area contributed by atoms with Crippen molar-refractivity contribution < 1.29 is 29.3 Å². The Bertz CT molecular complexity index is 1160. The van der Waals surface area contributed by atoms with Gasteiger partial charge in [-0.3, -0.25) is 4.79 Å². The Balaban J connectivity index is 1.85. The van der Waals surface area contributed by atoms with Gasteiger partial charge < -0.3 is 34.8 Å². The largest absolute Gasteiger partial charge is 0.497 e. The standard InChI is InChI=1S/C27H34N4O6/c1-17-14-31(18(2)16-32)26(34)23-12-20(7-6-19(3)33)13-28-25(23)37-24(17)15-30(4)27(35)29-21-8-10-22(36-5)11-9-21/h8-13,17-19,24,32-33H,14-16H2,1-5H3,(H,29,35)/t17-,18-,19+,24+/m1/s1. The van der Waals surface area contributed by atoms with Crippen LogP contribution < -0.4 is 14.8 Å². The van der Waals surface area contributed by atoms with E-state index in [2.05, 4.69) is 22.1 Å². The van der Waals surface area contributed by atoms with Gasteiger partial charge in [0.25, 0.3) is 5.91 Å².